The van der Waals surface area contributed by atoms with E-state index in [1.54, 1.807) is 18.3 Å². The highest BCUT2D eigenvalue weighted by Crippen LogP contribution is 2.35. The molecule has 1 aliphatic rings. The van der Waals surface area contributed by atoms with Crippen molar-refractivity contribution >= 4 is 11.4 Å². The summed E-state index contributed by atoms with van der Waals surface area (Å²) in [6.07, 6.45) is 2.88. The molecule has 2 aromatic heterocycles. The number of benzene rings is 2. The van der Waals surface area contributed by atoms with Crippen molar-refractivity contribution in [2.75, 3.05) is 0 Å². The summed E-state index contributed by atoms with van der Waals surface area (Å²) in [6.45, 7) is 3.98. The van der Waals surface area contributed by atoms with Crippen molar-refractivity contribution in [3.8, 4) is 11.1 Å². The van der Waals surface area contributed by atoms with Crippen LogP contribution in [0.5, 0.6) is 0 Å². The van der Waals surface area contributed by atoms with Crippen LogP contribution in [-0.2, 0) is 6.42 Å². The average Bonchev–Trinajstić information content (AvgIpc) is 3.05. The number of carbonyl (C=O) groups is 1. The van der Waals surface area contributed by atoms with E-state index in [1.165, 1.54) is 23.3 Å². The molecule has 4 nitrogen and oxygen atoms in total. The molecule has 0 unspecified atom stereocenters. The minimum absolute atomic E-state index is 0.0997. The molecule has 0 fully saturated rings. The third-order valence-electron chi connectivity index (χ3n) is 5.77. The van der Waals surface area contributed by atoms with Gasteiger partial charge in [0.25, 0.3) is 0 Å². The first-order valence-corrected chi connectivity index (χ1v) is 9.74. The lowest BCUT2D eigenvalue weighted by Crippen LogP contribution is -2.22. The van der Waals surface area contributed by atoms with E-state index in [1.807, 2.05) is 11.4 Å². The van der Waals surface area contributed by atoms with E-state index >= 15 is 0 Å². The predicted octanol–water partition coefficient (Wildman–Crippen LogP) is 5.06. The predicted molar refractivity (Wildman–Crippen MR) is 110 cm³/mol. The molecule has 2 heterocycles. The number of hydrogen-bond donors (Lipinski definition) is 0. The van der Waals surface area contributed by atoms with Gasteiger partial charge in [-0.15, -0.1) is 0 Å². The highest BCUT2D eigenvalue weighted by molar-refractivity contribution is 5.99. The summed E-state index contributed by atoms with van der Waals surface area (Å²) in [5, 5.41) is 4.71. The van der Waals surface area contributed by atoms with Gasteiger partial charge in [-0.1, -0.05) is 42.0 Å². The van der Waals surface area contributed by atoms with Crippen molar-refractivity contribution in [3.63, 3.8) is 0 Å². The lowest BCUT2D eigenvalue weighted by molar-refractivity contribution is 0.0962. The molecule has 1 aliphatic carbocycles. The Kier molecular flexibility index (Phi) is 4.05. The minimum atomic E-state index is -0.278. The number of rotatable bonds is 2. The van der Waals surface area contributed by atoms with Crippen molar-refractivity contribution in [1.29, 1.82) is 0 Å². The molecule has 0 amide bonds. The monoisotopic (exact) mass is 385 g/mol. The molecule has 0 spiro atoms. The van der Waals surface area contributed by atoms with Crippen LogP contribution in [0, 0.1) is 19.7 Å². The second-order valence-electron chi connectivity index (χ2n) is 7.76. The van der Waals surface area contributed by atoms with E-state index in [0.29, 0.717) is 17.6 Å². The van der Waals surface area contributed by atoms with E-state index in [-0.39, 0.29) is 17.5 Å². The Labute approximate surface area is 168 Å². The first-order chi connectivity index (χ1) is 14.0. The van der Waals surface area contributed by atoms with E-state index < -0.39 is 0 Å². The molecule has 0 saturated heterocycles. The highest BCUT2D eigenvalue weighted by Gasteiger charge is 2.30. The largest absolute Gasteiger partial charge is 0.294 e. The molecule has 0 aliphatic heterocycles. The molecule has 29 heavy (non-hydrogen) atoms. The molecular weight excluding hydrogens is 365 g/mol. The summed E-state index contributed by atoms with van der Waals surface area (Å²) < 4.78 is 15.2. The molecule has 0 saturated carbocycles. The number of hydrogen-bond acceptors (Lipinski definition) is 3. The van der Waals surface area contributed by atoms with Gasteiger partial charge in [0.15, 0.2) is 11.4 Å². The third kappa shape index (κ3) is 2.94. The SMILES string of the molecule is Cc1ccc([C@@H]2CC(=O)c3cnc4c(-c5ccc(F)cc5)c(C)nn4c3C2)cc1. The number of halogens is 1. The second kappa shape index (κ2) is 6.62. The van der Waals surface area contributed by atoms with Crippen LogP contribution in [0.3, 0.4) is 0 Å². The summed E-state index contributed by atoms with van der Waals surface area (Å²) in [7, 11) is 0. The van der Waals surface area contributed by atoms with Gasteiger partial charge in [-0.05, 0) is 49.4 Å². The van der Waals surface area contributed by atoms with Gasteiger partial charge in [-0.3, -0.25) is 4.79 Å². The fourth-order valence-corrected chi connectivity index (χ4v) is 4.23. The van der Waals surface area contributed by atoms with Crippen LogP contribution in [0.2, 0.25) is 0 Å². The van der Waals surface area contributed by atoms with Gasteiger partial charge in [0.1, 0.15) is 5.82 Å². The molecular formula is C24H20FN3O. The Hall–Kier alpha value is -3.34. The van der Waals surface area contributed by atoms with Crippen LogP contribution < -0.4 is 0 Å². The number of carbonyl (C=O) groups excluding carboxylic acids is 1. The highest BCUT2D eigenvalue weighted by atomic mass is 19.1. The standard InChI is InChI=1S/C24H20FN3O/c1-14-3-5-16(6-4-14)18-11-21-20(22(29)12-18)13-26-24-23(15(2)27-28(21)24)17-7-9-19(25)10-8-17/h3-10,13,18H,11-12H2,1-2H3/t18-/m0/s1. The van der Waals surface area contributed by atoms with Crippen LogP contribution in [-0.4, -0.2) is 20.4 Å². The first kappa shape index (κ1) is 17.7. The molecule has 0 N–H and O–H groups in total. The number of ketones is 1. The maximum Gasteiger partial charge on any atom is 0.166 e. The van der Waals surface area contributed by atoms with Crippen LogP contribution in [0.25, 0.3) is 16.8 Å². The van der Waals surface area contributed by atoms with Gasteiger partial charge in [-0.2, -0.15) is 5.10 Å². The second-order valence-corrected chi connectivity index (χ2v) is 7.76. The third-order valence-corrected chi connectivity index (χ3v) is 5.77. The quantitative estimate of drug-likeness (QED) is 0.484. The number of aryl methyl sites for hydroxylation is 2. The lowest BCUT2D eigenvalue weighted by Gasteiger charge is -2.24. The Balaban J connectivity index is 1.65. The number of nitrogens with zero attached hydrogens (tertiary/aromatic N) is 3. The fourth-order valence-electron chi connectivity index (χ4n) is 4.23. The smallest absolute Gasteiger partial charge is 0.166 e. The zero-order valence-electron chi connectivity index (χ0n) is 16.3. The Bertz CT molecular complexity index is 1240. The van der Waals surface area contributed by atoms with E-state index in [0.717, 1.165) is 28.9 Å². The summed E-state index contributed by atoms with van der Waals surface area (Å²) in [6, 6.07) is 14.7. The molecule has 2 aromatic carbocycles. The number of aromatic nitrogens is 3. The van der Waals surface area contributed by atoms with Gasteiger partial charge in [0.05, 0.1) is 17.0 Å². The van der Waals surface area contributed by atoms with Crippen LogP contribution in [0.1, 0.15) is 45.2 Å². The summed E-state index contributed by atoms with van der Waals surface area (Å²) in [4.78, 5) is 17.4. The summed E-state index contributed by atoms with van der Waals surface area (Å²) >= 11 is 0. The Morgan fingerprint density at radius 2 is 1.72 bits per heavy atom. The normalized spacial score (nSPS) is 16.2. The molecule has 0 bridgehead atoms. The zero-order valence-corrected chi connectivity index (χ0v) is 16.3. The zero-order chi connectivity index (χ0) is 20.1. The average molecular weight is 385 g/mol. The van der Waals surface area contributed by atoms with Gasteiger partial charge in [0, 0.05) is 18.2 Å². The van der Waals surface area contributed by atoms with Crippen LogP contribution in [0.15, 0.2) is 54.7 Å². The molecule has 144 valence electrons. The molecule has 5 heteroatoms. The molecule has 5 rings (SSSR count). The van der Waals surface area contributed by atoms with Crippen LogP contribution in [0.4, 0.5) is 4.39 Å². The Morgan fingerprint density at radius 3 is 2.45 bits per heavy atom. The van der Waals surface area contributed by atoms with Crippen molar-refractivity contribution in [2.45, 2.75) is 32.6 Å². The minimum Gasteiger partial charge on any atom is -0.294 e. The number of Topliss-reactive ketones (excluding diaryl/α,β-unsaturated/α-hetero) is 1. The van der Waals surface area contributed by atoms with E-state index in [2.05, 4.69) is 36.2 Å². The lowest BCUT2D eigenvalue weighted by atomic mass is 9.82. The van der Waals surface area contributed by atoms with E-state index in [4.69, 9.17) is 5.10 Å². The van der Waals surface area contributed by atoms with Gasteiger partial charge in [-0.25, -0.2) is 13.9 Å². The van der Waals surface area contributed by atoms with Gasteiger partial charge < -0.3 is 0 Å². The molecule has 0 radical (unpaired) electrons. The maximum absolute atomic E-state index is 13.4. The summed E-state index contributed by atoms with van der Waals surface area (Å²) in [5.41, 5.74) is 7.16. The van der Waals surface area contributed by atoms with Crippen molar-refractivity contribution in [1.82, 2.24) is 14.6 Å². The fraction of sp³-hybridized carbons (Fsp3) is 0.208. The Morgan fingerprint density at radius 1 is 1.00 bits per heavy atom. The maximum atomic E-state index is 13.4. The molecule has 1 atom stereocenters. The summed E-state index contributed by atoms with van der Waals surface area (Å²) in [5.74, 6) is -0.0533. The topological polar surface area (TPSA) is 47.3 Å². The van der Waals surface area contributed by atoms with Crippen molar-refractivity contribution < 1.29 is 9.18 Å². The van der Waals surface area contributed by atoms with Crippen molar-refractivity contribution in [3.05, 3.63) is 88.6 Å². The van der Waals surface area contributed by atoms with Crippen LogP contribution >= 0.6 is 0 Å². The number of fused-ring (bicyclic) bond motifs is 3. The first-order valence-electron chi connectivity index (χ1n) is 9.74. The molecule has 4 aromatic rings. The van der Waals surface area contributed by atoms with Gasteiger partial charge in [0.2, 0.25) is 0 Å². The van der Waals surface area contributed by atoms with Crippen molar-refractivity contribution in [2.24, 2.45) is 0 Å². The van der Waals surface area contributed by atoms with E-state index in [9.17, 15) is 9.18 Å². The van der Waals surface area contributed by atoms with Gasteiger partial charge >= 0.3 is 0 Å².